The molecule has 0 aliphatic carbocycles. The topological polar surface area (TPSA) is 42.0 Å². The van der Waals surface area contributed by atoms with Gasteiger partial charge < -0.3 is 5.32 Å². The molecule has 110 valence electrons. The molecule has 0 saturated heterocycles. The molecule has 0 fully saturated rings. The predicted molar refractivity (Wildman–Crippen MR) is 99.4 cm³/mol. The highest BCUT2D eigenvalue weighted by Gasteiger charge is 2.07. The minimum Gasteiger partial charge on any atom is -0.322 e. The number of carbonyl (C=O) groups excluding carboxylic acids is 1. The van der Waals surface area contributed by atoms with E-state index in [1.54, 1.807) is 11.3 Å². The van der Waals surface area contributed by atoms with E-state index in [2.05, 4.69) is 32.9 Å². The highest BCUT2D eigenvalue weighted by Crippen LogP contribution is 2.23. The van der Waals surface area contributed by atoms with E-state index in [9.17, 15) is 4.79 Å². The Labute approximate surface area is 146 Å². The quantitative estimate of drug-likeness (QED) is 0.608. The van der Waals surface area contributed by atoms with Crippen LogP contribution >= 0.6 is 33.9 Å². The second-order valence-corrected chi connectivity index (χ2v) is 7.10. The summed E-state index contributed by atoms with van der Waals surface area (Å²) in [4.78, 5) is 16.7. The zero-order chi connectivity index (χ0) is 15.5. The van der Waals surface area contributed by atoms with Gasteiger partial charge in [0.1, 0.15) is 0 Å². The molecule has 3 nitrogen and oxygen atoms in total. The third kappa shape index (κ3) is 3.53. The maximum atomic E-state index is 12.2. The van der Waals surface area contributed by atoms with Crippen LogP contribution in [-0.2, 0) is 0 Å². The van der Waals surface area contributed by atoms with E-state index < -0.39 is 0 Å². The first-order valence-electron chi connectivity index (χ1n) is 6.71. The van der Waals surface area contributed by atoms with Crippen LogP contribution in [0.4, 0.5) is 5.69 Å². The molecular formula is C17H13IN2OS. The fraction of sp³-hybridized carbons (Fsp3) is 0.0588. The second kappa shape index (κ2) is 6.58. The van der Waals surface area contributed by atoms with Crippen LogP contribution in [0.5, 0.6) is 0 Å². The van der Waals surface area contributed by atoms with Gasteiger partial charge in [0.2, 0.25) is 0 Å². The molecule has 1 N–H and O–H groups in total. The Hall–Kier alpha value is -1.73. The molecule has 2 aromatic carbocycles. The van der Waals surface area contributed by atoms with Crippen molar-refractivity contribution in [3.63, 3.8) is 0 Å². The van der Waals surface area contributed by atoms with Crippen LogP contribution in [0, 0.1) is 10.5 Å². The molecule has 0 aliphatic rings. The molecule has 0 aliphatic heterocycles. The zero-order valence-corrected chi connectivity index (χ0v) is 14.8. The lowest BCUT2D eigenvalue weighted by molar-refractivity contribution is 0.102. The van der Waals surface area contributed by atoms with Gasteiger partial charge in [0.05, 0.1) is 10.7 Å². The van der Waals surface area contributed by atoms with Crippen molar-refractivity contribution < 1.29 is 4.79 Å². The Morgan fingerprint density at radius 1 is 1.18 bits per heavy atom. The standard InChI is InChI=1S/C17H13IN2OS/c1-11-19-16(10-22-11)12-5-7-15(8-6-12)20-17(21)13-3-2-4-14(18)9-13/h2-10H,1H3,(H,20,21). The number of benzene rings is 2. The lowest BCUT2D eigenvalue weighted by Gasteiger charge is -2.06. The molecule has 0 unspecified atom stereocenters. The van der Waals surface area contributed by atoms with Gasteiger partial charge in [-0.3, -0.25) is 4.79 Å². The van der Waals surface area contributed by atoms with Crippen LogP contribution in [0.2, 0.25) is 0 Å². The van der Waals surface area contributed by atoms with Crippen LogP contribution in [0.25, 0.3) is 11.3 Å². The van der Waals surface area contributed by atoms with Gasteiger partial charge in [-0.2, -0.15) is 0 Å². The van der Waals surface area contributed by atoms with Crippen molar-refractivity contribution in [2.75, 3.05) is 5.32 Å². The van der Waals surface area contributed by atoms with Crippen molar-refractivity contribution in [3.05, 3.63) is 68.1 Å². The maximum Gasteiger partial charge on any atom is 0.255 e. The van der Waals surface area contributed by atoms with Gasteiger partial charge in [-0.25, -0.2) is 4.98 Å². The molecule has 1 amide bonds. The van der Waals surface area contributed by atoms with Gasteiger partial charge in [0.25, 0.3) is 5.91 Å². The molecule has 1 aromatic heterocycles. The van der Waals surface area contributed by atoms with E-state index in [1.165, 1.54) is 0 Å². The summed E-state index contributed by atoms with van der Waals surface area (Å²) in [5.41, 5.74) is 3.46. The van der Waals surface area contributed by atoms with Crippen molar-refractivity contribution in [2.45, 2.75) is 6.92 Å². The fourth-order valence-electron chi connectivity index (χ4n) is 2.05. The first-order valence-corrected chi connectivity index (χ1v) is 8.67. The zero-order valence-electron chi connectivity index (χ0n) is 11.8. The summed E-state index contributed by atoms with van der Waals surface area (Å²) in [6.45, 7) is 1.99. The van der Waals surface area contributed by atoms with Gasteiger partial charge in [-0.05, 0) is 59.8 Å². The van der Waals surface area contributed by atoms with Gasteiger partial charge in [-0.15, -0.1) is 11.3 Å². The predicted octanol–water partition coefficient (Wildman–Crippen LogP) is 4.98. The van der Waals surface area contributed by atoms with Crippen molar-refractivity contribution >= 4 is 45.5 Å². The first-order chi connectivity index (χ1) is 10.6. The van der Waals surface area contributed by atoms with Crippen LogP contribution in [0.15, 0.2) is 53.9 Å². The highest BCUT2D eigenvalue weighted by molar-refractivity contribution is 14.1. The van der Waals surface area contributed by atoms with E-state index >= 15 is 0 Å². The lowest BCUT2D eigenvalue weighted by atomic mass is 10.1. The Morgan fingerprint density at radius 3 is 2.59 bits per heavy atom. The summed E-state index contributed by atoms with van der Waals surface area (Å²) in [5.74, 6) is -0.101. The first kappa shape index (κ1) is 15.2. The Bertz CT molecular complexity index is 812. The fourth-order valence-corrected chi connectivity index (χ4v) is 3.22. The third-order valence-electron chi connectivity index (χ3n) is 3.14. The molecule has 22 heavy (non-hydrogen) atoms. The molecule has 1 heterocycles. The summed E-state index contributed by atoms with van der Waals surface area (Å²) < 4.78 is 1.04. The number of aromatic nitrogens is 1. The van der Waals surface area contributed by atoms with Crippen LogP contribution < -0.4 is 5.32 Å². The second-order valence-electron chi connectivity index (χ2n) is 4.79. The van der Waals surface area contributed by atoms with Crippen molar-refractivity contribution in [1.29, 1.82) is 0 Å². The van der Waals surface area contributed by atoms with Crippen molar-refractivity contribution in [2.24, 2.45) is 0 Å². The molecular weight excluding hydrogens is 407 g/mol. The van der Waals surface area contributed by atoms with Crippen LogP contribution in [0.1, 0.15) is 15.4 Å². The Balaban J connectivity index is 1.75. The van der Waals surface area contributed by atoms with Gasteiger partial charge >= 0.3 is 0 Å². The molecule has 0 bridgehead atoms. The monoisotopic (exact) mass is 420 g/mol. The van der Waals surface area contributed by atoms with E-state index in [-0.39, 0.29) is 5.91 Å². The normalized spacial score (nSPS) is 10.5. The number of rotatable bonds is 3. The number of halogens is 1. The number of hydrogen-bond donors (Lipinski definition) is 1. The Kier molecular flexibility index (Phi) is 4.54. The highest BCUT2D eigenvalue weighted by atomic mass is 127. The van der Waals surface area contributed by atoms with E-state index in [1.807, 2.05) is 60.8 Å². The molecule has 5 heteroatoms. The van der Waals surface area contributed by atoms with Gasteiger partial charge in [0.15, 0.2) is 0 Å². The van der Waals surface area contributed by atoms with Crippen LogP contribution in [-0.4, -0.2) is 10.9 Å². The lowest BCUT2D eigenvalue weighted by Crippen LogP contribution is -2.11. The van der Waals surface area contributed by atoms with Gasteiger partial charge in [0, 0.05) is 25.8 Å². The minimum absolute atomic E-state index is 0.101. The van der Waals surface area contributed by atoms with E-state index in [0.717, 1.165) is 25.5 Å². The molecule has 3 rings (SSSR count). The average molecular weight is 420 g/mol. The number of aryl methyl sites for hydroxylation is 1. The summed E-state index contributed by atoms with van der Waals surface area (Å²) in [6, 6.07) is 15.3. The molecule has 0 radical (unpaired) electrons. The van der Waals surface area contributed by atoms with Crippen molar-refractivity contribution in [1.82, 2.24) is 4.98 Å². The number of anilines is 1. The number of nitrogens with one attached hydrogen (secondary N) is 1. The summed E-state index contributed by atoms with van der Waals surface area (Å²) in [7, 11) is 0. The smallest absolute Gasteiger partial charge is 0.255 e. The number of nitrogens with zero attached hydrogens (tertiary/aromatic N) is 1. The third-order valence-corrected chi connectivity index (χ3v) is 4.59. The number of carbonyl (C=O) groups is 1. The molecule has 0 atom stereocenters. The van der Waals surface area contributed by atoms with E-state index in [4.69, 9.17) is 0 Å². The number of thiazole rings is 1. The maximum absolute atomic E-state index is 12.2. The summed E-state index contributed by atoms with van der Waals surface area (Å²) in [5, 5.41) is 5.99. The van der Waals surface area contributed by atoms with Crippen molar-refractivity contribution in [3.8, 4) is 11.3 Å². The molecule has 0 spiro atoms. The number of amides is 1. The summed E-state index contributed by atoms with van der Waals surface area (Å²) >= 11 is 3.83. The number of hydrogen-bond acceptors (Lipinski definition) is 3. The van der Waals surface area contributed by atoms with E-state index in [0.29, 0.717) is 5.56 Å². The minimum atomic E-state index is -0.101. The molecule has 0 saturated carbocycles. The Morgan fingerprint density at radius 2 is 1.95 bits per heavy atom. The largest absolute Gasteiger partial charge is 0.322 e. The molecule has 3 aromatic rings. The van der Waals surface area contributed by atoms with Crippen LogP contribution in [0.3, 0.4) is 0 Å². The van der Waals surface area contributed by atoms with Gasteiger partial charge in [-0.1, -0.05) is 18.2 Å². The average Bonchev–Trinajstić information content (AvgIpc) is 2.94. The summed E-state index contributed by atoms with van der Waals surface area (Å²) in [6.07, 6.45) is 0. The SMILES string of the molecule is Cc1nc(-c2ccc(NC(=O)c3cccc(I)c3)cc2)cs1.